The standard InChI is InChI=1S/C18H33N3/c1-18(15-19,20-17-10-11-17)12-6-7-13-21(2)14-16-8-4-3-5-9-16/h16-17,20H,3-14H2,1-2H3. The highest BCUT2D eigenvalue weighted by molar-refractivity contribution is 5.06. The van der Waals surface area contributed by atoms with Crippen molar-refractivity contribution >= 4 is 0 Å². The van der Waals surface area contributed by atoms with Gasteiger partial charge in [0.1, 0.15) is 5.54 Å². The predicted molar refractivity (Wildman–Crippen MR) is 88.1 cm³/mol. The molecule has 0 aromatic rings. The molecule has 2 fully saturated rings. The Balaban J connectivity index is 1.56. The third kappa shape index (κ3) is 6.36. The van der Waals surface area contributed by atoms with Gasteiger partial charge in [-0.25, -0.2) is 0 Å². The van der Waals surface area contributed by atoms with Gasteiger partial charge in [-0.2, -0.15) is 5.26 Å². The monoisotopic (exact) mass is 291 g/mol. The van der Waals surface area contributed by atoms with Gasteiger partial charge < -0.3 is 4.90 Å². The van der Waals surface area contributed by atoms with E-state index in [0.29, 0.717) is 6.04 Å². The average molecular weight is 291 g/mol. The summed E-state index contributed by atoms with van der Waals surface area (Å²) in [5, 5.41) is 12.9. The molecule has 21 heavy (non-hydrogen) atoms. The van der Waals surface area contributed by atoms with Crippen LogP contribution in [0.15, 0.2) is 0 Å². The van der Waals surface area contributed by atoms with E-state index in [9.17, 15) is 5.26 Å². The number of hydrogen-bond acceptors (Lipinski definition) is 3. The Morgan fingerprint density at radius 1 is 1.14 bits per heavy atom. The summed E-state index contributed by atoms with van der Waals surface area (Å²) in [5.41, 5.74) is -0.302. The van der Waals surface area contributed by atoms with Crippen LogP contribution in [-0.4, -0.2) is 36.6 Å². The fourth-order valence-corrected chi connectivity index (χ4v) is 3.60. The molecule has 0 aromatic heterocycles. The summed E-state index contributed by atoms with van der Waals surface area (Å²) in [4.78, 5) is 2.51. The van der Waals surface area contributed by atoms with Crippen molar-refractivity contribution in [1.29, 1.82) is 5.26 Å². The highest BCUT2D eigenvalue weighted by Crippen LogP contribution is 2.25. The molecule has 0 amide bonds. The predicted octanol–water partition coefficient (Wildman–Crippen LogP) is 3.70. The number of unbranched alkanes of at least 4 members (excludes halogenated alkanes) is 1. The van der Waals surface area contributed by atoms with E-state index in [1.165, 1.54) is 64.5 Å². The number of nitrogens with one attached hydrogen (secondary N) is 1. The Kier molecular flexibility index (Phi) is 6.51. The van der Waals surface area contributed by atoms with Crippen LogP contribution < -0.4 is 5.32 Å². The van der Waals surface area contributed by atoms with E-state index in [2.05, 4.69) is 30.3 Å². The lowest BCUT2D eigenvalue weighted by Gasteiger charge is -2.27. The zero-order chi connectivity index (χ0) is 15.1. The smallest absolute Gasteiger partial charge is 0.104 e. The van der Waals surface area contributed by atoms with Crippen molar-refractivity contribution in [2.75, 3.05) is 20.1 Å². The van der Waals surface area contributed by atoms with Crippen LogP contribution in [0.5, 0.6) is 0 Å². The summed E-state index contributed by atoms with van der Waals surface area (Å²) < 4.78 is 0. The first kappa shape index (κ1) is 16.8. The van der Waals surface area contributed by atoms with Crippen molar-refractivity contribution < 1.29 is 0 Å². The molecule has 1 atom stereocenters. The summed E-state index contributed by atoms with van der Waals surface area (Å²) in [6.07, 6.45) is 13.0. The van der Waals surface area contributed by atoms with Gasteiger partial charge in [0.2, 0.25) is 0 Å². The first-order chi connectivity index (χ1) is 10.1. The molecule has 2 rings (SSSR count). The molecular formula is C18H33N3. The second-order valence-electron chi connectivity index (χ2n) is 7.59. The van der Waals surface area contributed by atoms with Gasteiger partial charge in [-0.3, -0.25) is 5.32 Å². The Bertz CT molecular complexity index is 339. The Labute approximate surface area is 131 Å². The number of hydrogen-bond donors (Lipinski definition) is 1. The van der Waals surface area contributed by atoms with Crippen LogP contribution in [0.1, 0.15) is 71.1 Å². The van der Waals surface area contributed by atoms with E-state index in [1.54, 1.807) is 0 Å². The SMILES string of the molecule is CN(CCCCC(C)(C#N)NC1CC1)CC1CCCCC1. The van der Waals surface area contributed by atoms with Gasteiger partial charge in [0.25, 0.3) is 0 Å². The Hall–Kier alpha value is -0.590. The van der Waals surface area contributed by atoms with Crippen LogP contribution in [0.25, 0.3) is 0 Å². The minimum atomic E-state index is -0.302. The lowest BCUT2D eigenvalue weighted by molar-refractivity contribution is 0.228. The van der Waals surface area contributed by atoms with Crippen LogP contribution >= 0.6 is 0 Å². The maximum Gasteiger partial charge on any atom is 0.104 e. The van der Waals surface area contributed by atoms with E-state index in [0.717, 1.165) is 18.8 Å². The maximum absolute atomic E-state index is 9.36. The first-order valence-corrected chi connectivity index (χ1v) is 8.99. The van der Waals surface area contributed by atoms with E-state index in [1.807, 2.05) is 0 Å². The summed E-state index contributed by atoms with van der Waals surface area (Å²) in [6, 6.07) is 3.09. The van der Waals surface area contributed by atoms with Crippen LogP contribution in [-0.2, 0) is 0 Å². The quantitative estimate of drug-likeness (QED) is 0.658. The van der Waals surface area contributed by atoms with Gasteiger partial charge in [0.15, 0.2) is 0 Å². The highest BCUT2D eigenvalue weighted by Gasteiger charge is 2.31. The fourth-order valence-electron chi connectivity index (χ4n) is 3.60. The molecule has 0 radical (unpaired) electrons. The van der Waals surface area contributed by atoms with Crippen molar-refractivity contribution in [3.05, 3.63) is 0 Å². The lowest BCUT2D eigenvalue weighted by atomic mass is 9.89. The van der Waals surface area contributed by atoms with Crippen molar-refractivity contribution in [2.45, 2.75) is 82.7 Å². The van der Waals surface area contributed by atoms with Crippen molar-refractivity contribution in [2.24, 2.45) is 5.92 Å². The molecule has 0 bridgehead atoms. The number of nitrogens with zero attached hydrogens (tertiary/aromatic N) is 2. The molecule has 2 aliphatic carbocycles. The molecule has 0 aliphatic heterocycles. The van der Waals surface area contributed by atoms with Gasteiger partial charge in [0.05, 0.1) is 6.07 Å². The first-order valence-electron chi connectivity index (χ1n) is 8.99. The zero-order valence-corrected chi connectivity index (χ0v) is 14.0. The third-order valence-corrected chi connectivity index (χ3v) is 5.11. The normalized spacial score (nSPS) is 23.0. The minimum Gasteiger partial charge on any atom is -0.306 e. The van der Waals surface area contributed by atoms with Crippen LogP contribution in [0.4, 0.5) is 0 Å². The Morgan fingerprint density at radius 2 is 1.86 bits per heavy atom. The van der Waals surface area contributed by atoms with E-state index in [4.69, 9.17) is 0 Å². The maximum atomic E-state index is 9.36. The van der Waals surface area contributed by atoms with Gasteiger partial charge in [-0.05, 0) is 71.4 Å². The molecule has 3 nitrogen and oxygen atoms in total. The summed E-state index contributed by atoms with van der Waals surface area (Å²) in [6.45, 7) is 4.52. The Morgan fingerprint density at radius 3 is 2.48 bits per heavy atom. The topological polar surface area (TPSA) is 39.1 Å². The largest absolute Gasteiger partial charge is 0.306 e. The molecule has 1 unspecified atom stereocenters. The molecule has 120 valence electrons. The molecule has 0 heterocycles. The summed E-state index contributed by atoms with van der Waals surface area (Å²) >= 11 is 0. The van der Waals surface area contributed by atoms with Gasteiger partial charge in [-0.1, -0.05) is 19.3 Å². The fraction of sp³-hybridized carbons (Fsp3) is 0.944. The van der Waals surface area contributed by atoms with Crippen molar-refractivity contribution in [1.82, 2.24) is 10.2 Å². The molecule has 1 N–H and O–H groups in total. The highest BCUT2D eigenvalue weighted by atomic mass is 15.1. The molecule has 0 aromatic carbocycles. The van der Waals surface area contributed by atoms with Crippen molar-refractivity contribution in [3.8, 4) is 6.07 Å². The van der Waals surface area contributed by atoms with Crippen molar-refractivity contribution in [3.63, 3.8) is 0 Å². The van der Waals surface area contributed by atoms with Gasteiger partial charge in [-0.15, -0.1) is 0 Å². The molecule has 3 heteroatoms. The molecule has 0 spiro atoms. The molecule has 2 aliphatic rings. The van der Waals surface area contributed by atoms with Gasteiger partial charge >= 0.3 is 0 Å². The third-order valence-electron chi connectivity index (χ3n) is 5.11. The molecule has 0 saturated heterocycles. The average Bonchev–Trinajstić information content (AvgIpc) is 3.28. The number of rotatable bonds is 9. The lowest BCUT2D eigenvalue weighted by Crippen LogP contribution is -2.42. The van der Waals surface area contributed by atoms with E-state index in [-0.39, 0.29) is 5.54 Å². The second-order valence-corrected chi connectivity index (χ2v) is 7.59. The molecule has 2 saturated carbocycles. The van der Waals surface area contributed by atoms with Gasteiger partial charge in [0, 0.05) is 12.6 Å². The van der Waals surface area contributed by atoms with Crippen LogP contribution in [0.3, 0.4) is 0 Å². The van der Waals surface area contributed by atoms with Crippen LogP contribution in [0, 0.1) is 17.2 Å². The summed E-state index contributed by atoms with van der Waals surface area (Å²) in [7, 11) is 2.26. The van der Waals surface area contributed by atoms with E-state index < -0.39 is 0 Å². The summed E-state index contributed by atoms with van der Waals surface area (Å²) in [5.74, 6) is 0.935. The zero-order valence-electron chi connectivity index (χ0n) is 14.0. The van der Waals surface area contributed by atoms with Crippen LogP contribution in [0.2, 0.25) is 0 Å². The second kappa shape index (κ2) is 8.15. The minimum absolute atomic E-state index is 0.302. The number of nitriles is 1. The van der Waals surface area contributed by atoms with E-state index >= 15 is 0 Å². The molecular weight excluding hydrogens is 258 g/mol.